The van der Waals surface area contributed by atoms with Crippen LogP contribution in [0.5, 0.6) is 0 Å². The first kappa shape index (κ1) is 12.8. The van der Waals surface area contributed by atoms with E-state index >= 15 is 0 Å². The molecular weight excluding hydrogens is 214 g/mol. The van der Waals surface area contributed by atoms with Crippen molar-refractivity contribution in [2.24, 2.45) is 5.92 Å². The summed E-state index contributed by atoms with van der Waals surface area (Å²) in [5, 5.41) is 3.35. The summed E-state index contributed by atoms with van der Waals surface area (Å²) in [4.78, 5) is 16.7. The zero-order chi connectivity index (χ0) is 12.5. The van der Waals surface area contributed by atoms with Crippen LogP contribution in [0, 0.1) is 5.92 Å². The van der Waals surface area contributed by atoms with E-state index in [0.29, 0.717) is 5.92 Å². The van der Waals surface area contributed by atoms with Crippen LogP contribution in [0.15, 0.2) is 0 Å². The molecule has 0 bridgehead atoms. The number of likely N-dealkylation sites (tertiary alicyclic amines) is 1. The van der Waals surface area contributed by atoms with Crippen molar-refractivity contribution in [2.45, 2.75) is 31.7 Å². The minimum Gasteiger partial charge on any atom is -0.344 e. The molecule has 1 N–H and O–H groups in total. The van der Waals surface area contributed by atoms with Gasteiger partial charge < -0.3 is 15.1 Å². The largest absolute Gasteiger partial charge is 0.344 e. The van der Waals surface area contributed by atoms with Crippen LogP contribution in [-0.2, 0) is 4.79 Å². The fraction of sp³-hybridized carbons (Fsp3) is 0.923. The molecule has 17 heavy (non-hydrogen) atoms. The number of likely N-dealkylation sites (N-methyl/N-ethyl adjacent to an activating group) is 1. The maximum absolute atomic E-state index is 12.4. The zero-order valence-corrected chi connectivity index (χ0v) is 11.3. The van der Waals surface area contributed by atoms with E-state index in [1.165, 1.54) is 13.0 Å². The summed E-state index contributed by atoms with van der Waals surface area (Å²) < 4.78 is 0. The highest BCUT2D eigenvalue weighted by molar-refractivity contribution is 5.86. The minimum atomic E-state index is -0.306. The predicted molar refractivity (Wildman–Crippen MR) is 68.9 cm³/mol. The molecule has 2 aliphatic heterocycles. The van der Waals surface area contributed by atoms with E-state index in [-0.39, 0.29) is 11.4 Å². The summed E-state index contributed by atoms with van der Waals surface area (Å²) in [6, 6.07) is 0. The minimum absolute atomic E-state index is 0.268. The first-order chi connectivity index (χ1) is 8.01. The molecule has 2 saturated heterocycles. The average molecular weight is 239 g/mol. The van der Waals surface area contributed by atoms with Crippen molar-refractivity contribution in [1.82, 2.24) is 15.1 Å². The molecule has 0 radical (unpaired) electrons. The van der Waals surface area contributed by atoms with Gasteiger partial charge in [-0.25, -0.2) is 0 Å². The standard InChI is InChI=1S/C13H25N3O/c1-13(6-4-7-14-13)12(17)16(3)10-11-5-8-15(2)9-11/h11,14H,4-10H2,1-3H3. The Morgan fingerprint density at radius 3 is 2.88 bits per heavy atom. The Balaban J connectivity index is 1.87. The second-order valence-electron chi connectivity index (χ2n) is 5.97. The molecule has 2 rings (SSSR count). The number of nitrogens with zero attached hydrogens (tertiary/aromatic N) is 2. The third-order valence-corrected chi connectivity index (χ3v) is 4.21. The van der Waals surface area contributed by atoms with E-state index in [2.05, 4.69) is 17.3 Å². The molecule has 2 aliphatic rings. The molecule has 0 aliphatic carbocycles. The van der Waals surface area contributed by atoms with Crippen LogP contribution in [-0.4, -0.2) is 61.5 Å². The lowest BCUT2D eigenvalue weighted by atomic mass is 9.98. The number of hydrogen-bond donors (Lipinski definition) is 1. The number of hydrogen-bond acceptors (Lipinski definition) is 3. The lowest BCUT2D eigenvalue weighted by Gasteiger charge is -2.30. The molecule has 2 unspecified atom stereocenters. The van der Waals surface area contributed by atoms with E-state index in [9.17, 15) is 4.79 Å². The lowest BCUT2D eigenvalue weighted by Crippen LogP contribution is -2.52. The molecule has 98 valence electrons. The van der Waals surface area contributed by atoms with E-state index in [1.54, 1.807) is 0 Å². The quantitative estimate of drug-likeness (QED) is 0.781. The highest BCUT2D eigenvalue weighted by Crippen LogP contribution is 2.22. The van der Waals surface area contributed by atoms with Gasteiger partial charge in [0.05, 0.1) is 5.54 Å². The highest BCUT2D eigenvalue weighted by Gasteiger charge is 2.38. The van der Waals surface area contributed by atoms with Crippen molar-refractivity contribution >= 4 is 5.91 Å². The molecular formula is C13H25N3O. The van der Waals surface area contributed by atoms with Gasteiger partial charge in [-0.05, 0) is 52.2 Å². The molecule has 0 aromatic rings. The number of rotatable bonds is 3. The maximum atomic E-state index is 12.4. The summed E-state index contributed by atoms with van der Waals surface area (Å²) >= 11 is 0. The fourth-order valence-electron chi connectivity index (χ4n) is 3.14. The topological polar surface area (TPSA) is 35.6 Å². The molecule has 2 fully saturated rings. The normalized spacial score (nSPS) is 34.2. The molecule has 4 nitrogen and oxygen atoms in total. The third kappa shape index (κ3) is 2.80. The summed E-state index contributed by atoms with van der Waals surface area (Å²) in [7, 11) is 4.10. The van der Waals surface area contributed by atoms with Crippen LogP contribution in [0.4, 0.5) is 0 Å². The number of nitrogens with one attached hydrogen (secondary N) is 1. The van der Waals surface area contributed by atoms with E-state index in [4.69, 9.17) is 0 Å². The van der Waals surface area contributed by atoms with Gasteiger partial charge in [0.2, 0.25) is 5.91 Å². The van der Waals surface area contributed by atoms with Gasteiger partial charge >= 0.3 is 0 Å². The van der Waals surface area contributed by atoms with Crippen LogP contribution in [0.1, 0.15) is 26.2 Å². The third-order valence-electron chi connectivity index (χ3n) is 4.21. The Kier molecular flexibility index (Phi) is 3.73. The number of carbonyl (C=O) groups is 1. The Morgan fingerprint density at radius 1 is 1.59 bits per heavy atom. The van der Waals surface area contributed by atoms with Crippen LogP contribution in [0.3, 0.4) is 0 Å². The monoisotopic (exact) mass is 239 g/mol. The van der Waals surface area contributed by atoms with Crippen molar-refractivity contribution in [1.29, 1.82) is 0 Å². The second-order valence-corrected chi connectivity index (χ2v) is 5.97. The molecule has 2 atom stereocenters. The zero-order valence-electron chi connectivity index (χ0n) is 11.3. The molecule has 2 heterocycles. The van der Waals surface area contributed by atoms with Crippen molar-refractivity contribution in [2.75, 3.05) is 40.3 Å². The van der Waals surface area contributed by atoms with Crippen molar-refractivity contribution in [3.8, 4) is 0 Å². The fourth-order valence-corrected chi connectivity index (χ4v) is 3.14. The maximum Gasteiger partial charge on any atom is 0.242 e. The van der Waals surface area contributed by atoms with Gasteiger partial charge in [0, 0.05) is 20.1 Å². The van der Waals surface area contributed by atoms with E-state index in [0.717, 1.165) is 32.5 Å². The van der Waals surface area contributed by atoms with Gasteiger partial charge in [0.1, 0.15) is 0 Å². The first-order valence-corrected chi connectivity index (χ1v) is 6.70. The van der Waals surface area contributed by atoms with Crippen molar-refractivity contribution < 1.29 is 4.79 Å². The summed E-state index contributed by atoms with van der Waals surface area (Å²) in [5.41, 5.74) is -0.306. The Labute approximate surface area is 104 Å². The summed E-state index contributed by atoms with van der Waals surface area (Å²) in [5.74, 6) is 0.920. The Morgan fingerprint density at radius 2 is 2.35 bits per heavy atom. The Bertz CT molecular complexity index is 286. The van der Waals surface area contributed by atoms with Crippen molar-refractivity contribution in [3.05, 3.63) is 0 Å². The summed E-state index contributed by atoms with van der Waals surface area (Å²) in [6.45, 7) is 6.21. The van der Waals surface area contributed by atoms with Gasteiger partial charge in [0.25, 0.3) is 0 Å². The van der Waals surface area contributed by atoms with Gasteiger partial charge in [-0.3, -0.25) is 4.79 Å². The molecule has 0 aromatic carbocycles. The number of carbonyl (C=O) groups excluding carboxylic acids is 1. The Hall–Kier alpha value is -0.610. The van der Waals surface area contributed by atoms with Gasteiger partial charge in [-0.1, -0.05) is 0 Å². The smallest absolute Gasteiger partial charge is 0.242 e. The van der Waals surface area contributed by atoms with Crippen LogP contribution >= 0.6 is 0 Å². The van der Waals surface area contributed by atoms with Gasteiger partial charge in [-0.15, -0.1) is 0 Å². The molecule has 1 amide bonds. The van der Waals surface area contributed by atoms with Crippen molar-refractivity contribution in [3.63, 3.8) is 0 Å². The van der Waals surface area contributed by atoms with Gasteiger partial charge in [-0.2, -0.15) is 0 Å². The lowest BCUT2D eigenvalue weighted by molar-refractivity contribution is -0.136. The van der Waals surface area contributed by atoms with Crippen LogP contribution < -0.4 is 5.32 Å². The first-order valence-electron chi connectivity index (χ1n) is 6.70. The van der Waals surface area contributed by atoms with Crippen LogP contribution in [0.2, 0.25) is 0 Å². The van der Waals surface area contributed by atoms with E-state index in [1.807, 2.05) is 18.9 Å². The summed E-state index contributed by atoms with van der Waals surface area (Å²) in [6.07, 6.45) is 3.31. The highest BCUT2D eigenvalue weighted by atomic mass is 16.2. The predicted octanol–water partition coefficient (Wildman–Crippen LogP) is 0.539. The SMILES string of the molecule is CN1CCC(CN(C)C(=O)C2(C)CCCN2)C1. The second kappa shape index (κ2) is 4.94. The van der Waals surface area contributed by atoms with Gasteiger partial charge in [0.15, 0.2) is 0 Å². The molecule has 0 aromatic heterocycles. The number of amides is 1. The van der Waals surface area contributed by atoms with Crippen LogP contribution in [0.25, 0.3) is 0 Å². The molecule has 0 saturated carbocycles. The molecule has 4 heteroatoms. The average Bonchev–Trinajstić information content (AvgIpc) is 2.88. The van der Waals surface area contributed by atoms with E-state index < -0.39 is 0 Å². The molecule has 0 spiro atoms.